The largest absolute Gasteiger partial charge is 0.496 e. The van der Waals surface area contributed by atoms with E-state index in [-0.39, 0.29) is 12.5 Å². The molecule has 0 bridgehead atoms. The lowest BCUT2D eigenvalue weighted by atomic mass is 10.2. The number of hydrogen-bond donors (Lipinski definition) is 1. The van der Waals surface area contributed by atoms with E-state index in [1.807, 2.05) is 48.5 Å². The quantitative estimate of drug-likeness (QED) is 0.580. The number of hydrogen-bond acceptors (Lipinski definition) is 4. The minimum Gasteiger partial charge on any atom is -0.496 e. The van der Waals surface area contributed by atoms with Crippen LogP contribution < -0.4 is 10.2 Å². The maximum Gasteiger partial charge on any atom is 0.260 e. The Hall–Kier alpha value is -3.15. The number of benzene rings is 2. The number of imidazole rings is 1. The predicted molar refractivity (Wildman–Crippen MR) is 88.5 cm³/mol. The maximum atomic E-state index is 12.0. The highest BCUT2D eigenvalue weighted by Gasteiger charge is 2.06. The van der Waals surface area contributed by atoms with Crippen LogP contribution in [-0.2, 0) is 11.3 Å². The van der Waals surface area contributed by atoms with E-state index in [0.29, 0.717) is 5.75 Å². The molecule has 3 rings (SSSR count). The van der Waals surface area contributed by atoms with E-state index in [1.165, 1.54) is 0 Å². The summed E-state index contributed by atoms with van der Waals surface area (Å²) in [5, 5.41) is 3.97. The molecule has 0 saturated carbocycles. The average Bonchev–Trinajstić information content (AvgIpc) is 2.98. The van der Waals surface area contributed by atoms with Gasteiger partial charge in [-0.3, -0.25) is 4.79 Å². The van der Waals surface area contributed by atoms with Gasteiger partial charge in [-0.2, -0.15) is 5.10 Å². The van der Waals surface area contributed by atoms with E-state index < -0.39 is 0 Å². The van der Waals surface area contributed by atoms with E-state index in [0.717, 1.165) is 16.6 Å². The summed E-state index contributed by atoms with van der Waals surface area (Å²) in [6, 6.07) is 15.1. The van der Waals surface area contributed by atoms with Crippen molar-refractivity contribution in [2.45, 2.75) is 6.54 Å². The second kappa shape index (κ2) is 6.74. The zero-order chi connectivity index (χ0) is 16.1. The van der Waals surface area contributed by atoms with Crippen molar-refractivity contribution in [3.8, 4) is 5.75 Å². The smallest absolute Gasteiger partial charge is 0.260 e. The number of para-hydroxylation sites is 3. The first-order valence-corrected chi connectivity index (χ1v) is 7.13. The summed E-state index contributed by atoms with van der Waals surface area (Å²) in [7, 11) is 1.59. The number of methoxy groups -OCH3 is 1. The van der Waals surface area contributed by atoms with Gasteiger partial charge in [-0.15, -0.1) is 0 Å². The molecule has 1 amide bonds. The first-order chi connectivity index (χ1) is 11.3. The molecule has 6 heteroatoms. The maximum absolute atomic E-state index is 12.0. The van der Waals surface area contributed by atoms with Crippen LogP contribution in [0.25, 0.3) is 11.0 Å². The SMILES string of the molecule is COc1ccccc1C=NNC(=O)Cn1cnc2ccccc21. The Morgan fingerprint density at radius 2 is 2.04 bits per heavy atom. The van der Waals surface area contributed by atoms with Gasteiger partial charge in [-0.25, -0.2) is 10.4 Å². The molecule has 0 aliphatic heterocycles. The van der Waals surface area contributed by atoms with Gasteiger partial charge < -0.3 is 9.30 Å². The third-order valence-electron chi connectivity index (χ3n) is 3.37. The Labute approximate surface area is 133 Å². The number of nitrogens with one attached hydrogen (secondary N) is 1. The number of ether oxygens (including phenoxy) is 1. The topological polar surface area (TPSA) is 68.5 Å². The number of amides is 1. The van der Waals surface area contributed by atoms with Gasteiger partial charge in [-0.1, -0.05) is 24.3 Å². The van der Waals surface area contributed by atoms with Gasteiger partial charge in [0.05, 0.1) is 30.7 Å². The van der Waals surface area contributed by atoms with Crippen LogP contribution in [0.5, 0.6) is 5.75 Å². The van der Waals surface area contributed by atoms with Crippen LogP contribution in [0.4, 0.5) is 0 Å². The highest BCUT2D eigenvalue weighted by molar-refractivity contribution is 5.85. The molecular formula is C17H16N4O2. The van der Waals surface area contributed by atoms with Gasteiger partial charge in [0.1, 0.15) is 12.3 Å². The van der Waals surface area contributed by atoms with Gasteiger partial charge in [0.2, 0.25) is 0 Å². The summed E-state index contributed by atoms with van der Waals surface area (Å²) in [6.07, 6.45) is 3.21. The first kappa shape index (κ1) is 14.8. The Bertz CT molecular complexity index is 854. The van der Waals surface area contributed by atoms with Crippen molar-refractivity contribution in [1.29, 1.82) is 0 Å². The zero-order valence-electron chi connectivity index (χ0n) is 12.6. The van der Waals surface area contributed by atoms with E-state index >= 15 is 0 Å². The number of carbonyl (C=O) groups is 1. The first-order valence-electron chi connectivity index (χ1n) is 7.13. The molecule has 116 valence electrons. The van der Waals surface area contributed by atoms with Crippen LogP contribution in [-0.4, -0.2) is 28.8 Å². The highest BCUT2D eigenvalue weighted by atomic mass is 16.5. The number of nitrogens with zero attached hydrogens (tertiary/aromatic N) is 3. The molecule has 0 aliphatic carbocycles. The van der Waals surface area contributed by atoms with Crippen molar-refractivity contribution in [1.82, 2.24) is 15.0 Å². The monoisotopic (exact) mass is 308 g/mol. The van der Waals surface area contributed by atoms with E-state index in [4.69, 9.17) is 4.74 Å². The van der Waals surface area contributed by atoms with Crippen LogP contribution >= 0.6 is 0 Å². The van der Waals surface area contributed by atoms with Crippen molar-refractivity contribution < 1.29 is 9.53 Å². The molecule has 0 fully saturated rings. The van der Waals surface area contributed by atoms with Crippen LogP contribution in [0, 0.1) is 0 Å². The number of fused-ring (bicyclic) bond motifs is 1. The normalized spacial score (nSPS) is 11.0. The molecule has 1 heterocycles. The molecule has 0 atom stereocenters. The fourth-order valence-electron chi connectivity index (χ4n) is 2.27. The summed E-state index contributed by atoms with van der Waals surface area (Å²) in [6.45, 7) is 0.157. The molecule has 1 N–H and O–H groups in total. The third kappa shape index (κ3) is 3.37. The van der Waals surface area contributed by atoms with Gasteiger partial charge in [0.25, 0.3) is 5.91 Å². The second-order valence-electron chi connectivity index (χ2n) is 4.90. The van der Waals surface area contributed by atoms with E-state index in [1.54, 1.807) is 24.2 Å². The molecule has 1 aromatic heterocycles. The van der Waals surface area contributed by atoms with Crippen molar-refractivity contribution in [2.75, 3.05) is 7.11 Å². The molecule has 0 spiro atoms. The molecule has 6 nitrogen and oxygen atoms in total. The molecule has 3 aromatic rings. The zero-order valence-corrected chi connectivity index (χ0v) is 12.6. The Morgan fingerprint density at radius 3 is 2.91 bits per heavy atom. The fourth-order valence-corrected chi connectivity index (χ4v) is 2.27. The summed E-state index contributed by atoms with van der Waals surface area (Å²) in [4.78, 5) is 16.2. The van der Waals surface area contributed by atoms with E-state index in [2.05, 4.69) is 15.5 Å². The minimum atomic E-state index is -0.223. The van der Waals surface area contributed by atoms with Crippen molar-refractivity contribution in [2.24, 2.45) is 5.10 Å². The molecule has 2 aromatic carbocycles. The van der Waals surface area contributed by atoms with Crippen LogP contribution in [0.3, 0.4) is 0 Å². The lowest BCUT2D eigenvalue weighted by molar-refractivity contribution is -0.121. The molecule has 0 radical (unpaired) electrons. The van der Waals surface area contributed by atoms with Gasteiger partial charge in [0, 0.05) is 5.56 Å². The average molecular weight is 308 g/mol. The molecule has 0 unspecified atom stereocenters. The Balaban J connectivity index is 1.65. The second-order valence-corrected chi connectivity index (χ2v) is 4.90. The molecule has 0 saturated heterocycles. The predicted octanol–water partition coefficient (Wildman–Crippen LogP) is 2.20. The van der Waals surface area contributed by atoms with Crippen molar-refractivity contribution in [3.05, 3.63) is 60.4 Å². The number of aromatic nitrogens is 2. The van der Waals surface area contributed by atoms with Gasteiger partial charge in [0.15, 0.2) is 0 Å². The number of hydrazone groups is 1. The van der Waals surface area contributed by atoms with Crippen LogP contribution in [0.2, 0.25) is 0 Å². The lowest BCUT2D eigenvalue weighted by Gasteiger charge is -2.04. The standard InChI is InChI=1S/C17H16N4O2/c1-23-16-9-5-2-6-13(16)10-19-20-17(22)11-21-12-18-14-7-3-4-8-15(14)21/h2-10,12H,11H2,1H3,(H,20,22). The Kier molecular flexibility index (Phi) is 4.33. The van der Waals surface area contributed by atoms with Crippen molar-refractivity contribution in [3.63, 3.8) is 0 Å². The fraction of sp³-hybridized carbons (Fsp3) is 0.118. The van der Waals surface area contributed by atoms with Crippen molar-refractivity contribution >= 4 is 23.2 Å². The summed E-state index contributed by atoms with van der Waals surface area (Å²) < 4.78 is 7.00. The summed E-state index contributed by atoms with van der Waals surface area (Å²) in [5.74, 6) is 0.477. The highest BCUT2D eigenvalue weighted by Crippen LogP contribution is 2.14. The van der Waals surface area contributed by atoms with Crippen LogP contribution in [0.15, 0.2) is 60.0 Å². The molecular weight excluding hydrogens is 292 g/mol. The third-order valence-corrected chi connectivity index (χ3v) is 3.37. The van der Waals surface area contributed by atoms with E-state index in [9.17, 15) is 4.79 Å². The minimum absolute atomic E-state index is 0.157. The van der Waals surface area contributed by atoms with Crippen LogP contribution in [0.1, 0.15) is 5.56 Å². The molecule has 23 heavy (non-hydrogen) atoms. The number of carbonyl (C=O) groups excluding carboxylic acids is 1. The van der Waals surface area contributed by atoms with Gasteiger partial charge in [-0.05, 0) is 24.3 Å². The Morgan fingerprint density at radius 1 is 1.26 bits per heavy atom. The number of rotatable bonds is 5. The summed E-state index contributed by atoms with van der Waals surface area (Å²) >= 11 is 0. The molecule has 0 aliphatic rings. The summed E-state index contributed by atoms with van der Waals surface area (Å²) in [5.41, 5.74) is 5.08. The lowest BCUT2D eigenvalue weighted by Crippen LogP contribution is -2.22. The van der Waals surface area contributed by atoms with Gasteiger partial charge >= 0.3 is 0 Å².